The Hall–Kier alpha value is -0.320. The maximum atomic E-state index is 11.8. The molecule has 0 spiro atoms. The molecule has 0 aromatic heterocycles. The number of hydrogen-bond acceptors (Lipinski definition) is 3. The molecule has 1 amide bonds. The predicted molar refractivity (Wildman–Crippen MR) is 66.6 cm³/mol. The van der Waals surface area contributed by atoms with E-state index in [0.717, 1.165) is 32.7 Å². The second-order valence-corrected chi connectivity index (χ2v) is 4.24. The maximum absolute atomic E-state index is 11.8. The Labute approximate surface area is 104 Å². The summed E-state index contributed by atoms with van der Waals surface area (Å²) in [4.78, 5) is 13.7. The highest BCUT2D eigenvalue weighted by atomic mass is 35.5. The van der Waals surface area contributed by atoms with Crippen molar-refractivity contribution in [1.82, 2.24) is 4.90 Å². The van der Waals surface area contributed by atoms with Crippen LogP contribution in [0.5, 0.6) is 0 Å². The van der Waals surface area contributed by atoms with Gasteiger partial charge < -0.3 is 15.4 Å². The second-order valence-electron chi connectivity index (χ2n) is 4.24. The summed E-state index contributed by atoms with van der Waals surface area (Å²) in [6.45, 7) is 7.54. The molecule has 16 heavy (non-hydrogen) atoms. The molecule has 5 heteroatoms. The molecule has 0 saturated carbocycles. The van der Waals surface area contributed by atoms with Crippen molar-refractivity contribution in [2.24, 2.45) is 17.6 Å². The molecule has 1 heterocycles. The highest BCUT2D eigenvalue weighted by Gasteiger charge is 2.28. The Balaban J connectivity index is 0.00000225. The van der Waals surface area contributed by atoms with E-state index in [0.29, 0.717) is 12.5 Å². The zero-order valence-corrected chi connectivity index (χ0v) is 11.0. The fraction of sp³-hybridized carbons (Fsp3) is 0.909. The molecule has 96 valence electrons. The van der Waals surface area contributed by atoms with Crippen molar-refractivity contribution in [2.45, 2.75) is 20.3 Å². The van der Waals surface area contributed by atoms with Crippen LogP contribution in [0.3, 0.4) is 0 Å². The molecule has 4 nitrogen and oxygen atoms in total. The predicted octanol–water partition coefficient (Wildman–Crippen LogP) is 0.888. The number of ether oxygens (including phenoxy) is 1. The zero-order chi connectivity index (χ0) is 11.3. The monoisotopic (exact) mass is 250 g/mol. The number of nitrogens with zero attached hydrogens (tertiary/aromatic N) is 1. The van der Waals surface area contributed by atoms with E-state index in [1.165, 1.54) is 0 Å². The van der Waals surface area contributed by atoms with E-state index in [1.54, 1.807) is 0 Å². The summed E-state index contributed by atoms with van der Waals surface area (Å²) in [5, 5.41) is 0. The molecule has 2 N–H and O–H groups in total. The quantitative estimate of drug-likeness (QED) is 0.789. The zero-order valence-electron chi connectivity index (χ0n) is 10.1. The van der Waals surface area contributed by atoms with E-state index in [4.69, 9.17) is 10.5 Å². The molecule has 2 unspecified atom stereocenters. The van der Waals surface area contributed by atoms with Gasteiger partial charge in [0.05, 0.1) is 6.61 Å². The average Bonchev–Trinajstić information content (AvgIpc) is 2.72. The van der Waals surface area contributed by atoms with Crippen LogP contribution in [0.1, 0.15) is 20.3 Å². The largest absolute Gasteiger partial charge is 0.381 e. The van der Waals surface area contributed by atoms with Crippen LogP contribution in [0.4, 0.5) is 0 Å². The molecule has 1 fully saturated rings. The third-order valence-corrected chi connectivity index (χ3v) is 2.93. The lowest BCUT2D eigenvalue weighted by Crippen LogP contribution is -2.36. The number of likely N-dealkylation sites (tertiary alicyclic amines) is 1. The van der Waals surface area contributed by atoms with Crippen LogP contribution in [0.25, 0.3) is 0 Å². The lowest BCUT2D eigenvalue weighted by atomic mass is 10.1. The van der Waals surface area contributed by atoms with Crippen LogP contribution in [-0.4, -0.2) is 43.7 Å². The third-order valence-electron chi connectivity index (χ3n) is 2.93. The number of amides is 1. The van der Waals surface area contributed by atoms with Crippen molar-refractivity contribution >= 4 is 18.3 Å². The van der Waals surface area contributed by atoms with Gasteiger partial charge in [-0.05, 0) is 13.3 Å². The summed E-state index contributed by atoms with van der Waals surface area (Å²) in [6.07, 6.45) is 1.06. The SMILES string of the molecule is CCOCC1CCN(C(=O)C(C)CN)C1.Cl. The lowest BCUT2D eigenvalue weighted by molar-refractivity contribution is -0.133. The Bertz CT molecular complexity index is 214. The Kier molecular flexibility index (Phi) is 7.72. The van der Waals surface area contributed by atoms with Crippen molar-refractivity contribution in [1.29, 1.82) is 0 Å². The highest BCUT2D eigenvalue weighted by Crippen LogP contribution is 2.18. The molecule has 0 bridgehead atoms. The highest BCUT2D eigenvalue weighted by molar-refractivity contribution is 5.85. The van der Waals surface area contributed by atoms with Gasteiger partial charge in [0.2, 0.25) is 5.91 Å². The summed E-state index contributed by atoms with van der Waals surface area (Å²) in [5.41, 5.74) is 5.48. The first-order valence-corrected chi connectivity index (χ1v) is 5.75. The summed E-state index contributed by atoms with van der Waals surface area (Å²) < 4.78 is 5.37. The average molecular weight is 251 g/mol. The van der Waals surface area contributed by atoms with Crippen molar-refractivity contribution < 1.29 is 9.53 Å². The molecule has 1 aliphatic rings. The number of rotatable bonds is 5. The Morgan fingerprint density at radius 2 is 2.31 bits per heavy atom. The van der Waals surface area contributed by atoms with Crippen LogP contribution in [0, 0.1) is 11.8 Å². The summed E-state index contributed by atoms with van der Waals surface area (Å²) >= 11 is 0. The fourth-order valence-electron chi connectivity index (χ4n) is 1.87. The molecule has 0 radical (unpaired) electrons. The lowest BCUT2D eigenvalue weighted by Gasteiger charge is -2.20. The standard InChI is InChI=1S/C11H22N2O2.ClH/c1-3-15-8-10-4-5-13(7-10)11(14)9(2)6-12;/h9-10H,3-8,12H2,1-2H3;1H. The van der Waals surface area contributed by atoms with Gasteiger partial charge in [-0.2, -0.15) is 0 Å². The molecule has 1 saturated heterocycles. The van der Waals surface area contributed by atoms with Gasteiger partial charge >= 0.3 is 0 Å². The molecule has 2 atom stereocenters. The van der Waals surface area contributed by atoms with Crippen LogP contribution in [-0.2, 0) is 9.53 Å². The van der Waals surface area contributed by atoms with E-state index in [2.05, 4.69) is 0 Å². The molecule has 0 aromatic rings. The smallest absolute Gasteiger partial charge is 0.226 e. The van der Waals surface area contributed by atoms with Gasteiger partial charge in [-0.25, -0.2) is 0 Å². The van der Waals surface area contributed by atoms with Crippen molar-refractivity contribution in [2.75, 3.05) is 32.8 Å². The van der Waals surface area contributed by atoms with E-state index in [1.807, 2.05) is 18.7 Å². The van der Waals surface area contributed by atoms with Crippen LogP contribution in [0.2, 0.25) is 0 Å². The number of hydrogen-bond donors (Lipinski definition) is 1. The number of carbonyl (C=O) groups is 1. The molecule has 0 aliphatic carbocycles. The Morgan fingerprint density at radius 3 is 2.88 bits per heavy atom. The van der Waals surface area contributed by atoms with E-state index in [-0.39, 0.29) is 24.2 Å². The first-order chi connectivity index (χ1) is 7.19. The van der Waals surface area contributed by atoms with E-state index >= 15 is 0 Å². The van der Waals surface area contributed by atoms with Gasteiger partial charge in [0, 0.05) is 38.1 Å². The van der Waals surface area contributed by atoms with Crippen LogP contribution < -0.4 is 5.73 Å². The minimum Gasteiger partial charge on any atom is -0.381 e. The molecule has 0 aromatic carbocycles. The van der Waals surface area contributed by atoms with Crippen LogP contribution >= 0.6 is 12.4 Å². The van der Waals surface area contributed by atoms with Crippen molar-refractivity contribution in [3.8, 4) is 0 Å². The second kappa shape index (κ2) is 7.87. The van der Waals surface area contributed by atoms with Gasteiger partial charge in [-0.3, -0.25) is 4.79 Å². The number of carbonyl (C=O) groups excluding carboxylic acids is 1. The minimum atomic E-state index is -0.0455. The van der Waals surface area contributed by atoms with Crippen LogP contribution in [0.15, 0.2) is 0 Å². The van der Waals surface area contributed by atoms with E-state index in [9.17, 15) is 4.79 Å². The maximum Gasteiger partial charge on any atom is 0.226 e. The first kappa shape index (κ1) is 15.7. The molecular formula is C11H23ClN2O2. The minimum absolute atomic E-state index is 0. The van der Waals surface area contributed by atoms with Crippen molar-refractivity contribution in [3.63, 3.8) is 0 Å². The third kappa shape index (κ3) is 4.28. The van der Waals surface area contributed by atoms with Crippen molar-refractivity contribution in [3.05, 3.63) is 0 Å². The van der Waals surface area contributed by atoms with Gasteiger partial charge in [0.25, 0.3) is 0 Å². The van der Waals surface area contributed by atoms with Gasteiger partial charge in [0.15, 0.2) is 0 Å². The summed E-state index contributed by atoms with van der Waals surface area (Å²) in [5.74, 6) is 0.659. The fourth-order valence-corrected chi connectivity index (χ4v) is 1.87. The van der Waals surface area contributed by atoms with Gasteiger partial charge in [-0.15, -0.1) is 12.4 Å². The Morgan fingerprint density at radius 1 is 1.62 bits per heavy atom. The van der Waals surface area contributed by atoms with E-state index < -0.39 is 0 Å². The molecule has 1 rings (SSSR count). The summed E-state index contributed by atoms with van der Waals surface area (Å²) in [7, 11) is 0. The summed E-state index contributed by atoms with van der Waals surface area (Å²) in [6, 6.07) is 0. The first-order valence-electron chi connectivity index (χ1n) is 5.75. The number of nitrogens with two attached hydrogens (primary N) is 1. The van der Waals surface area contributed by atoms with Gasteiger partial charge in [0.1, 0.15) is 0 Å². The van der Waals surface area contributed by atoms with Gasteiger partial charge in [-0.1, -0.05) is 6.92 Å². The normalized spacial score (nSPS) is 21.7. The number of halogens is 1. The topological polar surface area (TPSA) is 55.6 Å². The molecule has 1 aliphatic heterocycles. The molecular weight excluding hydrogens is 228 g/mol.